The second kappa shape index (κ2) is 8.80. The SMILES string of the molecule is CC(C)(C)CCC1CC(C(N)=O)N(c2ccccc2F)C1S(=O)(=O)N1CCOCC1. The van der Waals surface area contributed by atoms with E-state index in [1.54, 1.807) is 6.07 Å². The van der Waals surface area contributed by atoms with E-state index in [0.29, 0.717) is 19.6 Å². The Hall–Kier alpha value is -1.71. The minimum Gasteiger partial charge on any atom is -0.379 e. The van der Waals surface area contributed by atoms with Crippen LogP contribution in [0.25, 0.3) is 0 Å². The molecule has 1 aromatic rings. The molecule has 2 fully saturated rings. The molecule has 0 aliphatic carbocycles. The van der Waals surface area contributed by atoms with Crippen molar-refractivity contribution in [1.29, 1.82) is 0 Å². The van der Waals surface area contributed by atoms with Crippen LogP contribution in [0.2, 0.25) is 0 Å². The second-order valence-corrected chi connectivity index (χ2v) is 11.3. The number of rotatable bonds is 6. The molecule has 2 N–H and O–H groups in total. The fraction of sp³-hybridized carbons (Fsp3) is 0.667. The summed E-state index contributed by atoms with van der Waals surface area (Å²) in [5, 5.41) is -1.05. The van der Waals surface area contributed by atoms with E-state index in [0.717, 1.165) is 6.42 Å². The molecule has 168 valence electrons. The van der Waals surface area contributed by atoms with E-state index < -0.39 is 33.2 Å². The van der Waals surface area contributed by atoms with Crippen LogP contribution in [0.4, 0.5) is 10.1 Å². The summed E-state index contributed by atoms with van der Waals surface area (Å²) >= 11 is 0. The van der Waals surface area contributed by atoms with E-state index in [4.69, 9.17) is 10.5 Å². The van der Waals surface area contributed by atoms with E-state index in [2.05, 4.69) is 20.8 Å². The van der Waals surface area contributed by atoms with Gasteiger partial charge in [0.1, 0.15) is 17.2 Å². The van der Waals surface area contributed by atoms with Crippen LogP contribution >= 0.6 is 0 Å². The van der Waals surface area contributed by atoms with Gasteiger partial charge in [-0.2, -0.15) is 4.31 Å². The Labute approximate surface area is 178 Å². The number of sulfonamides is 1. The predicted molar refractivity (Wildman–Crippen MR) is 114 cm³/mol. The average Bonchev–Trinajstić information content (AvgIpc) is 3.07. The van der Waals surface area contributed by atoms with Crippen LogP contribution in [0.15, 0.2) is 24.3 Å². The first-order chi connectivity index (χ1) is 14.0. The summed E-state index contributed by atoms with van der Waals surface area (Å²) in [4.78, 5) is 13.7. The number of carbonyl (C=O) groups is 1. The van der Waals surface area contributed by atoms with Crippen molar-refractivity contribution in [1.82, 2.24) is 4.31 Å². The number of halogens is 1. The molecule has 0 radical (unpaired) electrons. The fourth-order valence-electron chi connectivity index (χ4n) is 4.36. The van der Waals surface area contributed by atoms with Gasteiger partial charge in [-0.15, -0.1) is 0 Å². The van der Waals surface area contributed by atoms with Crippen LogP contribution < -0.4 is 10.6 Å². The normalized spacial score (nSPS) is 26.1. The molecule has 30 heavy (non-hydrogen) atoms. The second-order valence-electron chi connectivity index (χ2n) is 9.32. The van der Waals surface area contributed by atoms with Gasteiger partial charge >= 0.3 is 0 Å². The molecule has 0 saturated carbocycles. The molecule has 1 aromatic carbocycles. The Balaban J connectivity index is 2.07. The number of hydrogen-bond acceptors (Lipinski definition) is 5. The van der Waals surface area contributed by atoms with Crippen molar-refractivity contribution in [2.24, 2.45) is 17.1 Å². The third-order valence-corrected chi connectivity index (χ3v) is 8.21. The number of benzene rings is 1. The molecule has 2 heterocycles. The maximum absolute atomic E-state index is 14.8. The molecule has 2 aliphatic rings. The lowest BCUT2D eigenvalue weighted by Gasteiger charge is -2.37. The molecule has 0 spiro atoms. The van der Waals surface area contributed by atoms with E-state index in [-0.39, 0.29) is 36.5 Å². The molecule has 2 saturated heterocycles. The maximum Gasteiger partial charge on any atom is 0.240 e. The molecule has 3 rings (SSSR count). The van der Waals surface area contributed by atoms with Crippen LogP contribution in [0.5, 0.6) is 0 Å². The molecule has 9 heteroatoms. The standard InChI is InChI=1S/C21H32FN3O4S/c1-21(2,3)9-8-15-14-18(19(23)26)25(17-7-5-4-6-16(17)22)20(15)30(27,28)24-10-12-29-13-11-24/h4-7,15,18,20H,8-14H2,1-3H3,(H2,23,26). The van der Waals surface area contributed by atoms with Gasteiger partial charge in [0, 0.05) is 13.1 Å². The summed E-state index contributed by atoms with van der Waals surface area (Å²) in [7, 11) is -3.85. The number of hydrogen-bond donors (Lipinski definition) is 1. The van der Waals surface area contributed by atoms with E-state index in [9.17, 15) is 17.6 Å². The topological polar surface area (TPSA) is 92.9 Å². The molecule has 7 nitrogen and oxygen atoms in total. The number of nitrogens with two attached hydrogens (primary N) is 1. The van der Waals surface area contributed by atoms with Gasteiger partial charge in [0.05, 0.1) is 18.9 Å². The highest BCUT2D eigenvalue weighted by atomic mass is 32.2. The number of ether oxygens (including phenoxy) is 1. The largest absolute Gasteiger partial charge is 0.379 e. The van der Waals surface area contributed by atoms with Gasteiger partial charge in [-0.25, -0.2) is 12.8 Å². The zero-order chi connectivity index (χ0) is 22.1. The summed E-state index contributed by atoms with van der Waals surface area (Å²) < 4.78 is 49.0. The van der Waals surface area contributed by atoms with E-state index in [1.807, 2.05) is 0 Å². The van der Waals surface area contributed by atoms with E-state index in [1.165, 1.54) is 27.4 Å². The molecule has 2 aliphatic heterocycles. The van der Waals surface area contributed by atoms with Crippen molar-refractivity contribution < 1.29 is 22.3 Å². The first-order valence-electron chi connectivity index (χ1n) is 10.4. The number of carbonyl (C=O) groups excluding carboxylic acids is 1. The Morgan fingerprint density at radius 3 is 2.43 bits per heavy atom. The Bertz CT molecular complexity index is 865. The van der Waals surface area contributed by atoms with Crippen LogP contribution in [0, 0.1) is 17.2 Å². The smallest absolute Gasteiger partial charge is 0.240 e. The Morgan fingerprint density at radius 2 is 1.87 bits per heavy atom. The number of amides is 1. The highest BCUT2D eigenvalue weighted by molar-refractivity contribution is 7.89. The lowest BCUT2D eigenvalue weighted by molar-refractivity contribution is -0.119. The quantitative estimate of drug-likeness (QED) is 0.731. The van der Waals surface area contributed by atoms with Crippen molar-refractivity contribution >= 4 is 21.6 Å². The fourth-order valence-corrected chi connectivity index (χ4v) is 6.60. The number of nitrogens with zero attached hydrogens (tertiary/aromatic N) is 2. The predicted octanol–water partition coefficient (Wildman–Crippen LogP) is 2.32. The van der Waals surface area contributed by atoms with Gasteiger partial charge in [-0.1, -0.05) is 32.9 Å². The minimum absolute atomic E-state index is 0.000906. The van der Waals surface area contributed by atoms with Crippen molar-refractivity contribution in [3.8, 4) is 0 Å². The van der Waals surface area contributed by atoms with Gasteiger partial charge in [0.15, 0.2) is 0 Å². The first kappa shape index (κ1) is 23.0. The number of anilines is 1. The Morgan fingerprint density at radius 1 is 1.23 bits per heavy atom. The van der Waals surface area contributed by atoms with Gasteiger partial charge in [-0.05, 0) is 42.7 Å². The zero-order valence-electron chi connectivity index (χ0n) is 17.9. The third kappa shape index (κ3) is 4.78. The summed E-state index contributed by atoms with van der Waals surface area (Å²) in [6.45, 7) is 7.40. The number of para-hydroxylation sites is 1. The average molecular weight is 442 g/mol. The van der Waals surface area contributed by atoms with Crippen molar-refractivity contribution in [2.45, 2.75) is 51.4 Å². The minimum atomic E-state index is -3.85. The molecular weight excluding hydrogens is 409 g/mol. The van der Waals surface area contributed by atoms with Crippen LogP contribution in [-0.2, 0) is 19.6 Å². The van der Waals surface area contributed by atoms with Gasteiger partial charge < -0.3 is 15.4 Å². The summed E-state index contributed by atoms with van der Waals surface area (Å²) in [5.74, 6) is -1.55. The van der Waals surface area contributed by atoms with Crippen LogP contribution in [0.3, 0.4) is 0 Å². The number of morpholine rings is 1. The molecule has 3 unspecified atom stereocenters. The highest BCUT2D eigenvalue weighted by Crippen LogP contribution is 2.42. The molecule has 0 aromatic heterocycles. The van der Waals surface area contributed by atoms with Gasteiger partial charge in [0.25, 0.3) is 0 Å². The van der Waals surface area contributed by atoms with Crippen molar-refractivity contribution in [3.05, 3.63) is 30.1 Å². The number of primary amides is 1. The molecular formula is C21H32FN3O4S. The molecule has 3 atom stereocenters. The van der Waals surface area contributed by atoms with Crippen LogP contribution in [-0.4, -0.2) is 56.3 Å². The van der Waals surface area contributed by atoms with E-state index >= 15 is 0 Å². The molecule has 1 amide bonds. The summed E-state index contributed by atoms with van der Waals surface area (Å²) in [5.41, 5.74) is 5.77. The summed E-state index contributed by atoms with van der Waals surface area (Å²) in [6, 6.07) is 5.08. The maximum atomic E-state index is 14.8. The van der Waals surface area contributed by atoms with Gasteiger partial charge in [0.2, 0.25) is 15.9 Å². The van der Waals surface area contributed by atoms with Gasteiger partial charge in [-0.3, -0.25) is 4.79 Å². The summed E-state index contributed by atoms with van der Waals surface area (Å²) in [6.07, 6.45) is 1.67. The Kier molecular flexibility index (Phi) is 6.74. The third-order valence-electron chi connectivity index (χ3n) is 5.90. The van der Waals surface area contributed by atoms with Crippen LogP contribution in [0.1, 0.15) is 40.0 Å². The first-order valence-corrected chi connectivity index (χ1v) is 11.9. The van der Waals surface area contributed by atoms with Crippen molar-refractivity contribution in [3.63, 3.8) is 0 Å². The lowest BCUT2D eigenvalue weighted by Crippen LogP contribution is -2.54. The van der Waals surface area contributed by atoms with Crippen molar-refractivity contribution in [2.75, 3.05) is 31.2 Å². The lowest BCUT2D eigenvalue weighted by atomic mass is 9.86. The highest BCUT2D eigenvalue weighted by Gasteiger charge is 2.52. The zero-order valence-corrected chi connectivity index (χ0v) is 18.7. The molecule has 0 bridgehead atoms. The monoisotopic (exact) mass is 441 g/mol.